The highest BCUT2D eigenvalue weighted by Crippen LogP contribution is 2.13. The summed E-state index contributed by atoms with van der Waals surface area (Å²) < 4.78 is 0. The lowest BCUT2D eigenvalue weighted by molar-refractivity contribution is -0.124. The Labute approximate surface area is 134 Å². The number of anilines is 1. The molecule has 118 valence electrons. The number of aromatic nitrogens is 1. The second-order valence-electron chi connectivity index (χ2n) is 4.94. The van der Waals surface area contributed by atoms with Gasteiger partial charge in [-0.15, -0.1) is 0 Å². The van der Waals surface area contributed by atoms with Crippen LogP contribution in [0.25, 0.3) is 0 Å². The summed E-state index contributed by atoms with van der Waals surface area (Å²) in [5, 5.41) is 6.62. The average Bonchev–Trinajstić information content (AvgIpc) is 2.56. The standard InChI is InChI=1S/C17H18N4O2/c1-13-4-2-3-5-15(13)20-16(22)6-7-17(23)21-19-12-14-8-10-18-11-9-14/h2-5,8-12H,6-7H2,1H3,(H,20,22)(H,21,23)/b19-12-. The minimum Gasteiger partial charge on any atom is -0.326 e. The molecule has 0 bridgehead atoms. The molecule has 0 aliphatic heterocycles. The molecule has 1 heterocycles. The first kappa shape index (κ1) is 16.4. The van der Waals surface area contributed by atoms with Crippen molar-refractivity contribution in [2.24, 2.45) is 5.10 Å². The number of pyridine rings is 1. The minimum absolute atomic E-state index is 0.0748. The zero-order chi connectivity index (χ0) is 16.5. The number of carbonyl (C=O) groups is 2. The number of hydrazone groups is 1. The van der Waals surface area contributed by atoms with Gasteiger partial charge < -0.3 is 5.32 Å². The topological polar surface area (TPSA) is 83.5 Å². The summed E-state index contributed by atoms with van der Waals surface area (Å²) in [6.07, 6.45) is 4.97. The summed E-state index contributed by atoms with van der Waals surface area (Å²) >= 11 is 0. The third-order valence-electron chi connectivity index (χ3n) is 3.11. The zero-order valence-corrected chi connectivity index (χ0v) is 12.8. The highest BCUT2D eigenvalue weighted by Gasteiger charge is 2.07. The third kappa shape index (κ3) is 5.70. The van der Waals surface area contributed by atoms with Gasteiger partial charge >= 0.3 is 0 Å². The molecule has 6 heteroatoms. The fourth-order valence-corrected chi connectivity index (χ4v) is 1.84. The molecule has 0 radical (unpaired) electrons. The molecule has 0 atom stereocenters. The predicted octanol–water partition coefficient (Wildman–Crippen LogP) is 2.26. The normalized spacial score (nSPS) is 10.5. The van der Waals surface area contributed by atoms with Crippen molar-refractivity contribution < 1.29 is 9.59 Å². The van der Waals surface area contributed by atoms with Crippen molar-refractivity contribution >= 4 is 23.7 Å². The van der Waals surface area contributed by atoms with Crippen LogP contribution in [0.4, 0.5) is 5.69 Å². The van der Waals surface area contributed by atoms with Crippen molar-refractivity contribution in [2.45, 2.75) is 19.8 Å². The number of para-hydroxylation sites is 1. The molecule has 1 aromatic carbocycles. The van der Waals surface area contributed by atoms with Gasteiger partial charge in [0.15, 0.2) is 0 Å². The van der Waals surface area contributed by atoms with Crippen molar-refractivity contribution in [3.63, 3.8) is 0 Å². The quantitative estimate of drug-likeness (QED) is 0.634. The van der Waals surface area contributed by atoms with Crippen molar-refractivity contribution in [1.29, 1.82) is 0 Å². The van der Waals surface area contributed by atoms with E-state index in [0.29, 0.717) is 0 Å². The lowest BCUT2D eigenvalue weighted by atomic mass is 10.2. The smallest absolute Gasteiger partial charge is 0.240 e. The van der Waals surface area contributed by atoms with Crippen LogP contribution in [0, 0.1) is 6.92 Å². The first-order valence-corrected chi connectivity index (χ1v) is 7.22. The molecule has 2 rings (SSSR count). The van der Waals surface area contributed by atoms with Crippen molar-refractivity contribution in [1.82, 2.24) is 10.4 Å². The van der Waals surface area contributed by atoms with Gasteiger partial charge in [0.05, 0.1) is 6.21 Å². The molecule has 0 saturated heterocycles. The molecule has 0 saturated carbocycles. The Balaban J connectivity index is 1.73. The zero-order valence-electron chi connectivity index (χ0n) is 12.8. The van der Waals surface area contributed by atoms with Gasteiger partial charge in [0.25, 0.3) is 0 Å². The van der Waals surface area contributed by atoms with Crippen molar-refractivity contribution in [3.8, 4) is 0 Å². The summed E-state index contributed by atoms with van der Waals surface area (Å²) in [5.41, 5.74) is 4.96. The number of nitrogens with zero attached hydrogens (tertiary/aromatic N) is 2. The summed E-state index contributed by atoms with van der Waals surface area (Å²) in [6, 6.07) is 11.0. The van der Waals surface area contributed by atoms with Crippen LogP contribution in [0.1, 0.15) is 24.0 Å². The van der Waals surface area contributed by atoms with E-state index in [1.807, 2.05) is 31.2 Å². The summed E-state index contributed by atoms with van der Waals surface area (Å²) in [4.78, 5) is 27.4. The van der Waals surface area contributed by atoms with E-state index in [9.17, 15) is 9.59 Å². The van der Waals surface area contributed by atoms with E-state index in [1.165, 1.54) is 6.21 Å². The van der Waals surface area contributed by atoms with Gasteiger partial charge in [-0.05, 0) is 36.2 Å². The van der Waals surface area contributed by atoms with Gasteiger partial charge in [0, 0.05) is 30.9 Å². The van der Waals surface area contributed by atoms with Crippen LogP contribution >= 0.6 is 0 Å². The molecule has 2 amide bonds. The number of nitrogens with one attached hydrogen (secondary N) is 2. The molecule has 1 aromatic heterocycles. The van der Waals surface area contributed by atoms with E-state index in [-0.39, 0.29) is 24.7 Å². The predicted molar refractivity (Wildman–Crippen MR) is 89.0 cm³/mol. The number of carbonyl (C=O) groups excluding carboxylic acids is 2. The first-order chi connectivity index (χ1) is 11.1. The number of hydrogen-bond acceptors (Lipinski definition) is 4. The molecular formula is C17H18N4O2. The molecule has 0 aliphatic carbocycles. The van der Waals surface area contributed by atoms with Gasteiger partial charge in [-0.3, -0.25) is 14.6 Å². The molecule has 0 aliphatic rings. The molecule has 0 spiro atoms. The maximum absolute atomic E-state index is 11.8. The highest BCUT2D eigenvalue weighted by atomic mass is 16.2. The minimum atomic E-state index is -0.310. The second kappa shape index (κ2) is 8.43. The fourth-order valence-electron chi connectivity index (χ4n) is 1.84. The monoisotopic (exact) mass is 310 g/mol. The van der Waals surface area contributed by atoms with Gasteiger partial charge in [0.1, 0.15) is 0 Å². The van der Waals surface area contributed by atoms with Crippen LogP contribution in [0.15, 0.2) is 53.9 Å². The molecule has 6 nitrogen and oxygen atoms in total. The van der Waals surface area contributed by atoms with E-state index in [4.69, 9.17) is 0 Å². The molecule has 2 aromatic rings. The van der Waals surface area contributed by atoms with E-state index < -0.39 is 0 Å². The number of benzene rings is 1. The lowest BCUT2D eigenvalue weighted by Crippen LogP contribution is -2.20. The van der Waals surface area contributed by atoms with E-state index in [0.717, 1.165) is 16.8 Å². The number of rotatable bonds is 6. The maximum Gasteiger partial charge on any atom is 0.240 e. The van der Waals surface area contributed by atoms with Crippen LogP contribution in [-0.4, -0.2) is 23.0 Å². The number of aryl methyl sites for hydroxylation is 1. The fraction of sp³-hybridized carbons (Fsp3) is 0.176. The Morgan fingerprint density at radius 1 is 1.09 bits per heavy atom. The third-order valence-corrected chi connectivity index (χ3v) is 3.11. The number of amides is 2. The van der Waals surface area contributed by atoms with Gasteiger partial charge in [-0.1, -0.05) is 18.2 Å². The summed E-state index contributed by atoms with van der Waals surface area (Å²) in [6.45, 7) is 1.91. The molecule has 23 heavy (non-hydrogen) atoms. The Bertz CT molecular complexity index is 699. The Morgan fingerprint density at radius 3 is 2.52 bits per heavy atom. The lowest BCUT2D eigenvalue weighted by Gasteiger charge is -2.07. The van der Waals surface area contributed by atoms with Crippen molar-refractivity contribution in [3.05, 3.63) is 59.9 Å². The van der Waals surface area contributed by atoms with Crippen LogP contribution in [0.3, 0.4) is 0 Å². The summed E-state index contributed by atoms with van der Waals surface area (Å²) in [5.74, 6) is -0.511. The van der Waals surface area contributed by atoms with E-state index >= 15 is 0 Å². The highest BCUT2D eigenvalue weighted by molar-refractivity contribution is 5.93. The van der Waals surface area contributed by atoms with Crippen LogP contribution in [0.2, 0.25) is 0 Å². The van der Waals surface area contributed by atoms with Gasteiger partial charge in [-0.2, -0.15) is 5.10 Å². The largest absolute Gasteiger partial charge is 0.326 e. The average molecular weight is 310 g/mol. The van der Waals surface area contributed by atoms with Crippen LogP contribution in [0.5, 0.6) is 0 Å². The Hall–Kier alpha value is -3.02. The van der Waals surface area contributed by atoms with E-state index in [2.05, 4.69) is 20.8 Å². The molecule has 2 N–H and O–H groups in total. The van der Waals surface area contributed by atoms with Gasteiger partial charge in [-0.25, -0.2) is 5.43 Å². The van der Waals surface area contributed by atoms with Gasteiger partial charge in [0.2, 0.25) is 11.8 Å². The Kier molecular flexibility index (Phi) is 5.99. The first-order valence-electron chi connectivity index (χ1n) is 7.22. The van der Waals surface area contributed by atoms with Crippen molar-refractivity contribution in [2.75, 3.05) is 5.32 Å². The maximum atomic E-state index is 11.8. The van der Waals surface area contributed by atoms with Crippen LogP contribution in [-0.2, 0) is 9.59 Å². The SMILES string of the molecule is Cc1ccccc1NC(=O)CCC(=O)N/N=C\c1ccncc1. The number of hydrogen-bond donors (Lipinski definition) is 2. The summed E-state index contributed by atoms with van der Waals surface area (Å²) in [7, 11) is 0. The second-order valence-corrected chi connectivity index (χ2v) is 4.94. The molecule has 0 unspecified atom stereocenters. The Morgan fingerprint density at radius 2 is 1.78 bits per heavy atom. The van der Waals surface area contributed by atoms with E-state index in [1.54, 1.807) is 24.5 Å². The van der Waals surface area contributed by atoms with Crippen LogP contribution < -0.4 is 10.7 Å². The molecular weight excluding hydrogens is 292 g/mol. The molecule has 0 fully saturated rings.